The van der Waals surface area contributed by atoms with Crippen molar-refractivity contribution in [2.24, 2.45) is 5.41 Å². The van der Waals surface area contributed by atoms with Crippen molar-refractivity contribution in [3.63, 3.8) is 0 Å². The third-order valence-electron chi connectivity index (χ3n) is 3.70. The number of benzene rings is 1. The molecule has 2 aromatic rings. The number of hydrogen-bond donors (Lipinski definition) is 1. The summed E-state index contributed by atoms with van der Waals surface area (Å²) in [6.07, 6.45) is 1.14. The van der Waals surface area contributed by atoms with Crippen LogP contribution in [0.3, 0.4) is 0 Å². The minimum Gasteiger partial charge on any atom is -0.455 e. The Morgan fingerprint density at radius 2 is 1.70 bits per heavy atom. The van der Waals surface area contributed by atoms with Crippen LogP contribution in [0.25, 0.3) is 11.3 Å². The molecular weight excluding hydrogens is 329 g/mol. The first kappa shape index (κ1) is 18.4. The fourth-order valence-electron chi connectivity index (χ4n) is 3.14. The zero-order valence-electron chi connectivity index (χ0n) is 14.5. The van der Waals surface area contributed by atoms with Gasteiger partial charge in [-0.15, -0.1) is 0 Å². The molecule has 2 rings (SSSR count). The van der Waals surface area contributed by atoms with E-state index in [4.69, 9.17) is 27.6 Å². The van der Waals surface area contributed by atoms with Gasteiger partial charge in [-0.3, -0.25) is 0 Å². The van der Waals surface area contributed by atoms with Crippen molar-refractivity contribution in [3.8, 4) is 11.3 Å². The van der Waals surface area contributed by atoms with E-state index in [9.17, 15) is 0 Å². The molecule has 0 aliphatic heterocycles. The lowest BCUT2D eigenvalue weighted by Gasteiger charge is -2.30. The molecule has 0 aliphatic carbocycles. The summed E-state index contributed by atoms with van der Waals surface area (Å²) in [4.78, 5) is 0. The third kappa shape index (κ3) is 5.56. The predicted molar refractivity (Wildman–Crippen MR) is 97.9 cm³/mol. The van der Waals surface area contributed by atoms with Gasteiger partial charge in [-0.05, 0) is 49.6 Å². The van der Waals surface area contributed by atoms with Crippen LogP contribution in [0.2, 0.25) is 10.0 Å². The van der Waals surface area contributed by atoms with E-state index in [-0.39, 0.29) is 5.54 Å². The van der Waals surface area contributed by atoms with Crippen molar-refractivity contribution >= 4 is 23.2 Å². The number of nitrogens with two attached hydrogens (primary N) is 1. The quantitative estimate of drug-likeness (QED) is 0.751. The highest BCUT2D eigenvalue weighted by atomic mass is 35.5. The molecule has 4 heteroatoms. The predicted octanol–water partition coefficient (Wildman–Crippen LogP) is 5.53. The van der Waals surface area contributed by atoms with E-state index in [1.165, 1.54) is 0 Å². The Hall–Kier alpha value is -0.960. The van der Waals surface area contributed by atoms with Crippen LogP contribution in [0.4, 0.5) is 0 Å². The zero-order chi connectivity index (χ0) is 17.3. The van der Waals surface area contributed by atoms with E-state index in [1.807, 2.05) is 24.3 Å². The molecule has 126 valence electrons. The number of halogens is 2. The minimum atomic E-state index is 0.170. The Balaban J connectivity index is 2.05. The van der Waals surface area contributed by atoms with Crippen LogP contribution in [-0.2, 0) is 6.54 Å². The minimum absolute atomic E-state index is 0.170. The Bertz CT molecular complexity index is 668. The molecule has 0 amide bonds. The molecule has 0 bridgehead atoms. The van der Waals surface area contributed by atoms with Gasteiger partial charge >= 0.3 is 0 Å². The van der Waals surface area contributed by atoms with Crippen LogP contribution in [0.5, 0.6) is 0 Å². The Labute approximate surface area is 149 Å². The van der Waals surface area contributed by atoms with Crippen LogP contribution >= 0.6 is 23.2 Å². The summed E-state index contributed by atoms with van der Waals surface area (Å²) in [5.74, 6) is 1.73. The maximum Gasteiger partial charge on any atom is 0.158 e. The standard InChI is InChI=1S/C19H25Cl2NO/c1-18(2,3)12-19(4,5)22-11-14-7-9-17(23-14)15-8-6-13(20)10-16(15)21/h6-10,22H,11-12H2,1-5H3/p+1. The van der Waals surface area contributed by atoms with Gasteiger partial charge in [0.2, 0.25) is 0 Å². The molecule has 0 aliphatic rings. The van der Waals surface area contributed by atoms with Crippen molar-refractivity contribution in [2.75, 3.05) is 0 Å². The number of rotatable bonds is 5. The summed E-state index contributed by atoms with van der Waals surface area (Å²) in [5, 5.41) is 3.57. The van der Waals surface area contributed by atoms with Crippen molar-refractivity contribution in [2.45, 2.75) is 53.1 Å². The maximum absolute atomic E-state index is 6.24. The molecule has 1 heterocycles. The van der Waals surface area contributed by atoms with E-state index < -0.39 is 0 Å². The largest absolute Gasteiger partial charge is 0.455 e. The maximum atomic E-state index is 6.24. The van der Waals surface area contributed by atoms with Crippen LogP contribution in [0, 0.1) is 5.41 Å². The molecule has 0 saturated carbocycles. The third-order valence-corrected chi connectivity index (χ3v) is 4.25. The van der Waals surface area contributed by atoms with Gasteiger partial charge in [-0.25, -0.2) is 0 Å². The first-order chi connectivity index (χ1) is 10.6. The van der Waals surface area contributed by atoms with E-state index in [1.54, 1.807) is 6.07 Å². The molecule has 23 heavy (non-hydrogen) atoms. The number of furan rings is 1. The molecule has 0 radical (unpaired) electrons. The van der Waals surface area contributed by atoms with E-state index in [0.29, 0.717) is 15.5 Å². The lowest BCUT2D eigenvalue weighted by Crippen LogP contribution is -2.94. The van der Waals surface area contributed by atoms with Crippen molar-refractivity contribution in [1.29, 1.82) is 0 Å². The summed E-state index contributed by atoms with van der Waals surface area (Å²) >= 11 is 12.2. The second-order valence-electron chi connectivity index (χ2n) is 8.02. The van der Waals surface area contributed by atoms with Crippen molar-refractivity contribution < 1.29 is 9.73 Å². The lowest BCUT2D eigenvalue weighted by molar-refractivity contribution is -0.738. The topological polar surface area (TPSA) is 29.8 Å². The second-order valence-corrected chi connectivity index (χ2v) is 8.87. The van der Waals surface area contributed by atoms with Gasteiger partial charge in [-0.1, -0.05) is 44.0 Å². The van der Waals surface area contributed by atoms with Gasteiger partial charge < -0.3 is 9.73 Å². The zero-order valence-corrected chi connectivity index (χ0v) is 16.1. The summed E-state index contributed by atoms with van der Waals surface area (Å²) in [6, 6.07) is 9.43. The highest BCUT2D eigenvalue weighted by Gasteiger charge is 2.28. The molecule has 2 nitrogen and oxygen atoms in total. The van der Waals surface area contributed by atoms with Crippen LogP contribution < -0.4 is 5.32 Å². The van der Waals surface area contributed by atoms with E-state index in [0.717, 1.165) is 30.0 Å². The average molecular weight is 355 g/mol. The van der Waals surface area contributed by atoms with Crippen LogP contribution in [-0.4, -0.2) is 5.54 Å². The molecule has 0 spiro atoms. The van der Waals surface area contributed by atoms with Crippen molar-refractivity contribution in [3.05, 3.63) is 46.1 Å². The number of hydrogen-bond acceptors (Lipinski definition) is 1. The monoisotopic (exact) mass is 354 g/mol. The van der Waals surface area contributed by atoms with Crippen molar-refractivity contribution in [1.82, 2.24) is 0 Å². The van der Waals surface area contributed by atoms with Gasteiger partial charge in [0.15, 0.2) is 5.76 Å². The van der Waals surface area contributed by atoms with E-state index in [2.05, 4.69) is 39.9 Å². The first-order valence-electron chi connectivity index (χ1n) is 7.94. The Kier molecular flexibility index (Phi) is 5.50. The van der Waals surface area contributed by atoms with Gasteiger partial charge in [0, 0.05) is 17.0 Å². The Morgan fingerprint density at radius 1 is 1.00 bits per heavy atom. The average Bonchev–Trinajstić information content (AvgIpc) is 2.82. The van der Waals surface area contributed by atoms with Crippen LogP contribution in [0.15, 0.2) is 34.7 Å². The molecular formula is C19H26Cl2NO+. The second kappa shape index (κ2) is 6.88. The van der Waals surface area contributed by atoms with Gasteiger partial charge in [0.1, 0.15) is 12.3 Å². The van der Waals surface area contributed by atoms with Gasteiger partial charge in [0.25, 0.3) is 0 Å². The molecule has 2 N–H and O–H groups in total. The molecule has 0 saturated heterocycles. The highest BCUT2D eigenvalue weighted by molar-refractivity contribution is 6.36. The molecule has 0 atom stereocenters. The summed E-state index contributed by atoms with van der Waals surface area (Å²) < 4.78 is 5.96. The normalized spacial score (nSPS) is 12.7. The van der Waals surface area contributed by atoms with E-state index >= 15 is 0 Å². The summed E-state index contributed by atoms with van der Waals surface area (Å²) in [5.41, 5.74) is 1.35. The fourth-order valence-corrected chi connectivity index (χ4v) is 3.64. The number of quaternary nitrogens is 1. The fraction of sp³-hybridized carbons (Fsp3) is 0.474. The summed E-state index contributed by atoms with van der Waals surface area (Å²) in [7, 11) is 0. The van der Waals surface area contributed by atoms with Gasteiger partial charge in [-0.2, -0.15) is 0 Å². The first-order valence-corrected chi connectivity index (χ1v) is 8.70. The SMILES string of the molecule is CC(C)(C)CC(C)(C)[NH2+]Cc1ccc(-c2ccc(Cl)cc2Cl)o1. The molecule has 1 aromatic heterocycles. The molecule has 0 unspecified atom stereocenters. The van der Waals surface area contributed by atoms with Gasteiger partial charge in [0.05, 0.1) is 10.6 Å². The molecule has 1 aromatic carbocycles. The smallest absolute Gasteiger partial charge is 0.158 e. The highest BCUT2D eigenvalue weighted by Crippen LogP contribution is 2.31. The van der Waals surface area contributed by atoms with Crippen LogP contribution in [0.1, 0.15) is 46.8 Å². The lowest BCUT2D eigenvalue weighted by atomic mass is 9.82. The molecule has 0 fully saturated rings. The summed E-state index contributed by atoms with van der Waals surface area (Å²) in [6.45, 7) is 12.2. The Morgan fingerprint density at radius 3 is 2.30 bits per heavy atom.